The fourth-order valence-corrected chi connectivity index (χ4v) is 4.24. The molecule has 1 aromatic heterocycles. The molecule has 3 rings (SSSR count). The molecule has 1 fully saturated rings. The molecule has 8 heteroatoms. The summed E-state index contributed by atoms with van der Waals surface area (Å²) in [6.07, 6.45) is 3.72. The average molecular weight is 361 g/mol. The topological polar surface area (TPSA) is 92.5 Å². The van der Waals surface area contributed by atoms with Crippen molar-refractivity contribution >= 4 is 33.4 Å². The number of anilines is 2. The van der Waals surface area contributed by atoms with E-state index in [9.17, 15) is 13.2 Å². The van der Waals surface area contributed by atoms with Crippen LogP contribution in [0.2, 0.25) is 0 Å². The number of aryl methyl sites for hydroxylation is 2. The number of amides is 1. The second kappa shape index (κ2) is 6.72. The van der Waals surface area contributed by atoms with Crippen molar-refractivity contribution in [3.8, 4) is 0 Å². The predicted octanol–water partition coefficient (Wildman–Crippen LogP) is 2.48. The Morgan fingerprint density at radius 1 is 1.28 bits per heavy atom. The number of nitrogens with one attached hydrogen (secondary N) is 1. The normalized spacial score (nSPS) is 16.5. The highest BCUT2D eigenvalue weighted by atomic mass is 32.2. The van der Waals surface area contributed by atoms with Gasteiger partial charge in [-0.25, -0.2) is 8.42 Å². The molecule has 1 aliphatic rings. The van der Waals surface area contributed by atoms with E-state index in [4.69, 9.17) is 4.52 Å². The van der Waals surface area contributed by atoms with Crippen LogP contribution in [-0.4, -0.2) is 31.8 Å². The van der Waals surface area contributed by atoms with Crippen LogP contribution < -0.4 is 9.62 Å². The number of carbonyl (C=O) groups excluding carboxylic acids is 1. The molecule has 0 unspecified atom stereocenters. The summed E-state index contributed by atoms with van der Waals surface area (Å²) in [5.41, 5.74) is 2.64. The highest BCUT2D eigenvalue weighted by molar-refractivity contribution is 7.93. The Balaban J connectivity index is 1.67. The summed E-state index contributed by atoms with van der Waals surface area (Å²) >= 11 is 0. The van der Waals surface area contributed by atoms with Crippen LogP contribution in [-0.2, 0) is 14.8 Å². The monoisotopic (exact) mass is 361 g/mol. The third kappa shape index (κ3) is 3.74. The van der Waals surface area contributed by atoms with Gasteiger partial charge in [-0.05, 0) is 44.0 Å². The van der Waals surface area contributed by atoms with Gasteiger partial charge in [0.1, 0.15) is 11.4 Å². The first-order valence-electron chi connectivity index (χ1n) is 7.89. The number of rotatable bonds is 4. The lowest BCUT2D eigenvalue weighted by Gasteiger charge is -2.16. The van der Waals surface area contributed by atoms with Crippen LogP contribution >= 0.6 is 0 Å². The van der Waals surface area contributed by atoms with Gasteiger partial charge in [-0.2, -0.15) is 0 Å². The summed E-state index contributed by atoms with van der Waals surface area (Å²) in [6, 6.07) is 7.05. The minimum atomic E-state index is -3.18. The molecule has 7 nitrogen and oxygen atoms in total. The minimum Gasteiger partial charge on any atom is -0.359 e. The molecule has 0 aliphatic carbocycles. The van der Waals surface area contributed by atoms with Gasteiger partial charge in [0.2, 0.25) is 15.9 Å². The summed E-state index contributed by atoms with van der Waals surface area (Å²) in [6.45, 7) is 3.99. The van der Waals surface area contributed by atoms with E-state index >= 15 is 0 Å². The van der Waals surface area contributed by atoms with Gasteiger partial charge in [0, 0.05) is 12.6 Å². The number of hydrogen-bond donors (Lipinski definition) is 1. The van der Waals surface area contributed by atoms with Crippen LogP contribution in [0.4, 0.5) is 11.4 Å². The zero-order valence-electron chi connectivity index (χ0n) is 14.0. The first-order valence-corrected chi connectivity index (χ1v) is 9.50. The Morgan fingerprint density at radius 2 is 2.00 bits per heavy atom. The Hall–Kier alpha value is -2.61. The van der Waals surface area contributed by atoms with Gasteiger partial charge in [-0.3, -0.25) is 9.10 Å². The second-order valence-electron chi connectivity index (χ2n) is 5.85. The summed E-state index contributed by atoms with van der Waals surface area (Å²) in [7, 11) is -3.18. The molecule has 0 saturated carbocycles. The van der Waals surface area contributed by atoms with E-state index in [0.29, 0.717) is 35.8 Å². The van der Waals surface area contributed by atoms with Crippen LogP contribution in [0.15, 0.2) is 34.9 Å². The number of hydrogen-bond acceptors (Lipinski definition) is 5. The zero-order valence-corrected chi connectivity index (χ0v) is 14.8. The molecule has 1 aromatic carbocycles. The van der Waals surface area contributed by atoms with Crippen LogP contribution in [0.5, 0.6) is 0 Å². The minimum absolute atomic E-state index is 0.191. The lowest BCUT2D eigenvalue weighted by atomic mass is 10.2. The van der Waals surface area contributed by atoms with E-state index in [1.54, 1.807) is 44.2 Å². The molecule has 0 spiro atoms. The number of sulfonamides is 1. The lowest BCUT2D eigenvalue weighted by Crippen LogP contribution is -2.24. The summed E-state index contributed by atoms with van der Waals surface area (Å²) in [4.78, 5) is 12.0. The average Bonchev–Trinajstić information content (AvgIpc) is 3.09. The van der Waals surface area contributed by atoms with Gasteiger partial charge in [-0.15, -0.1) is 0 Å². The van der Waals surface area contributed by atoms with Gasteiger partial charge in [0.05, 0.1) is 11.4 Å². The molecule has 2 aromatic rings. The van der Waals surface area contributed by atoms with Crippen molar-refractivity contribution in [3.63, 3.8) is 0 Å². The molecule has 1 N–H and O–H groups in total. The maximum absolute atomic E-state index is 12.0. The second-order valence-corrected chi connectivity index (χ2v) is 7.87. The largest absolute Gasteiger partial charge is 0.359 e. The van der Waals surface area contributed by atoms with E-state index in [-0.39, 0.29) is 11.7 Å². The molecule has 1 saturated heterocycles. The van der Waals surface area contributed by atoms with Gasteiger partial charge in [0.15, 0.2) is 5.76 Å². The lowest BCUT2D eigenvalue weighted by molar-refractivity contribution is -0.111. The third-order valence-electron chi connectivity index (χ3n) is 3.99. The number of carbonyl (C=O) groups is 1. The molecular formula is C17H19N3O4S. The Kier molecular flexibility index (Phi) is 4.63. The maximum Gasteiger partial charge on any atom is 0.248 e. The van der Waals surface area contributed by atoms with Crippen LogP contribution in [0.25, 0.3) is 6.08 Å². The molecule has 2 heterocycles. The maximum atomic E-state index is 12.0. The SMILES string of the molecule is Cc1noc(C)c1NC(=O)/C=C/c1ccc(N2CCCS2(=O)=O)cc1. The van der Waals surface area contributed by atoms with E-state index in [2.05, 4.69) is 10.5 Å². The number of benzene rings is 1. The molecule has 1 amide bonds. The predicted molar refractivity (Wildman–Crippen MR) is 95.8 cm³/mol. The van der Waals surface area contributed by atoms with Crippen molar-refractivity contribution in [1.82, 2.24) is 5.16 Å². The van der Waals surface area contributed by atoms with Gasteiger partial charge in [-0.1, -0.05) is 17.3 Å². The molecule has 25 heavy (non-hydrogen) atoms. The van der Waals surface area contributed by atoms with Crippen LogP contribution in [0.3, 0.4) is 0 Å². The van der Waals surface area contributed by atoms with E-state index in [0.717, 1.165) is 5.56 Å². The van der Waals surface area contributed by atoms with E-state index < -0.39 is 10.0 Å². The third-order valence-corrected chi connectivity index (χ3v) is 5.86. The zero-order chi connectivity index (χ0) is 18.0. The van der Waals surface area contributed by atoms with Crippen molar-refractivity contribution in [1.29, 1.82) is 0 Å². The van der Waals surface area contributed by atoms with Crippen molar-refractivity contribution in [3.05, 3.63) is 47.4 Å². The van der Waals surface area contributed by atoms with Crippen LogP contribution in [0.1, 0.15) is 23.4 Å². The number of aromatic nitrogens is 1. The van der Waals surface area contributed by atoms with Crippen LogP contribution in [0, 0.1) is 13.8 Å². The quantitative estimate of drug-likeness (QED) is 0.845. The molecule has 1 aliphatic heterocycles. The van der Waals surface area contributed by atoms with Gasteiger partial charge in [0.25, 0.3) is 0 Å². The van der Waals surface area contributed by atoms with E-state index in [1.165, 1.54) is 10.4 Å². The summed E-state index contributed by atoms with van der Waals surface area (Å²) in [5.74, 6) is 0.451. The van der Waals surface area contributed by atoms with Crippen molar-refractivity contribution in [2.45, 2.75) is 20.3 Å². The Labute approximate surface area is 146 Å². The van der Waals surface area contributed by atoms with Crippen molar-refractivity contribution < 1.29 is 17.7 Å². The van der Waals surface area contributed by atoms with Gasteiger partial charge >= 0.3 is 0 Å². The van der Waals surface area contributed by atoms with Gasteiger partial charge < -0.3 is 9.84 Å². The summed E-state index contributed by atoms with van der Waals surface area (Å²) in [5, 5.41) is 6.51. The fourth-order valence-electron chi connectivity index (χ4n) is 2.68. The summed E-state index contributed by atoms with van der Waals surface area (Å²) < 4.78 is 30.2. The highest BCUT2D eigenvalue weighted by Crippen LogP contribution is 2.24. The van der Waals surface area contributed by atoms with Crippen molar-refractivity contribution in [2.75, 3.05) is 21.9 Å². The Bertz CT molecular complexity index is 894. The fraction of sp³-hybridized carbons (Fsp3) is 0.294. The molecule has 0 bridgehead atoms. The molecule has 0 atom stereocenters. The molecule has 0 radical (unpaired) electrons. The highest BCUT2D eigenvalue weighted by Gasteiger charge is 2.28. The standard InChI is InChI=1S/C17H19N3O4S/c1-12-17(13(2)24-19-12)18-16(21)9-6-14-4-7-15(8-5-14)20-10-3-11-25(20,22)23/h4-9H,3,10-11H2,1-2H3,(H,18,21)/b9-6+. The smallest absolute Gasteiger partial charge is 0.248 e. The van der Waals surface area contributed by atoms with Crippen molar-refractivity contribution in [2.24, 2.45) is 0 Å². The first-order chi connectivity index (χ1) is 11.9. The first kappa shape index (κ1) is 17.2. The number of nitrogens with zero attached hydrogens (tertiary/aromatic N) is 2. The Morgan fingerprint density at radius 3 is 2.56 bits per heavy atom. The van der Waals surface area contributed by atoms with E-state index in [1.807, 2.05) is 0 Å². The molecule has 132 valence electrons. The molecular weight excluding hydrogens is 342 g/mol.